The van der Waals surface area contributed by atoms with Gasteiger partial charge in [-0.3, -0.25) is 4.90 Å². The van der Waals surface area contributed by atoms with Gasteiger partial charge < -0.3 is 5.73 Å². The molecule has 118 valence electrons. The van der Waals surface area contributed by atoms with Crippen LogP contribution in [0.25, 0.3) is 0 Å². The van der Waals surface area contributed by atoms with E-state index in [2.05, 4.69) is 11.9 Å². The highest BCUT2D eigenvalue weighted by molar-refractivity contribution is 7.91. The third-order valence-electron chi connectivity index (χ3n) is 4.73. The number of nitrogens with two attached hydrogens (primary N) is 1. The summed E-state index contributed by atoms with van der Waals surface area (Å²) in [6.07, 6.45) is 3.99. The minimum atomic E-state index is -3.34. The Kier molecular flexibility index (Phi) is 4.38. The van der Waals surface area contributed by atoms with Gasteiger partial charge in [-0.15, -0.1) is 11.3 Å². The molecule has 0 spiro atoms. The topological polar surface area (TPSA) is 66.6 Å². The molecule has 1 aromatic heterocycles. The first-order valence-corrected chi connectivity index (χ1v) is 9.79. The van der Waals surface area contributed by atoms with Crippen LogP contribution in [0.5, 0.6) is 0 Å². The number of sulfonamides is 1. The lowest BCUT2D eigenvalue weighted by atomic mass is 10.1. The second-order valence-electron chi connectivity index (χ2n) is 5.96. The first kappa shape index (κ1) is 15.4. The zero-order chi connectivity index (χ0) is 15.0. The quantitative estimate of drug-likeness (QED) is 0.898. The van der Waals surface area contributed by atoms with Crippen LogP contribution in [0.2, 0.25) is 0 Å². The average molecular weight is 329 g/mol. The molecule has 21 heavy (non-hydrogen) atoms. The van der Waals surface area contributed by atoms with E-state index in [-0.39, 0.29) is 0 Å². The molecule has 3 rings (SSSR count). The third-order valence-corrected chi connectivity index (χ3v) is 8.21. The molecule has 2 saturated heterocycles. The van der Waals surface area contributed by atoms with Crippen LogP contribution < -0.4 is 5.73 Å². The van der Waals surface area contributed by atoms with Gasteiger partial charge >= 0.3 is 0 Å². The van der Waals surface area contributed by atoms with Crippen LogP contribution in [-0.2, 0) is 16.4 Å². The Hall–Kier alpha value is -0.470. The maximum atomic E-state index is 12.8. The molecule has 2 aliphatic heterocycles. The number of nitrogens with zero attached hydrogens (tertiary/aromatic N) is 2. The zero-order valence-electron chi connectivity index (χ0n) is 12.4. The standard InChI is InChI=1S/C14H23N3O2S2/c1-16-11-2-3-12(16)10-17(9-7-11)21(18,19)14-5-4-13(20-14)6-8-15/h4-5,11-12H,2-3,6-10,15H2,1H3. The van der Waals surface area contributed by atoms with Gasteiger partial charge in [-0.2, -0.15) is 4.31 Å². The van der Waals surface area contributed by atoms with Gasteiger partial charge in [-0.1, -0.05) is 0 Å². The number of fused-ring (bicyclic) bond motifs is 2. The first-order valence-electron chi connectivity index (χ1n) is 7.53. The lowest BCUT2D eigenvalue weighted by Crippen LogP contribution is -2.39. The van der Waals surface area contributed by atoms with E-state index in [1.54, 1.807) is 10.4 Å². The van der Waals surface area contributed by atoms with Crippen LogP contribution in [0.1, 0.15) is 24.1 Å². The summed E-state index contributed by atoms with van der Waals surface area (Å²) in [5, 5.41) is 0. The van der Waals surface area contributed by atoms with Crippen LogP contribution in [0.15, 0.2) is 16.3 Å². The van der Waals surface area contributed by atoms with Crippen LogP contribution in [0, 0.1) is 0 Å². The number of rotatable bonds is 4. The Morgan fingerprint density at radius 3 is 2.81 bits per heavy atom. The molecule has 7 heteroatoms. The van der Waals surface area contributed by atoms with E-state index in [4.69, 9.17) is 5.73 Å². The molecule has 2 aliphatic rings. The predicted molar refractivity (Wildman–Crippen MR) is 85.0 cm³/mol. The van der Waals surface area contributed by atoms with E-state index in [1.807, 2.05) is 6.07 Å². The number of likely N-dealkylation sites (N-methyl/N-ethyl adjacent to an activating group) is 1. The summed E-state index contributed by atoms with van der Waals surface area (Å²) in [5.41, 5.74) is 5.54. The van der Waals surface area contributed by atoms with Gasteiger partial charge in [0.2, 0.25) is 0 Å². The van der Waals surface area contributed by atoms with Crippen LogP contribution in [0.4, 0.5) is 0 Å². The maximum absolute atomic E-state index is 12.8. The van der Waals surface area contributed by atoms with Gasteiger partial charge in [-0.05, 0) is 51.4 Å². The molecule has 3 heterocycles. The first-order chi connectivity index (χ1) is 10.0. The van der Waals surface area contributed by atoms with Gasteiger partial charge in [0.1, 0.15) is 4.21 Å². The van der Waals surface area contributed by atoms with Gasteiger partial charge in [-0.25, -0.2) is 8.42 Å². The van der Waals surface area contributed by atoms with Crippen LogP contribution in [0.3, 0.4) is 0 Å². The summed E-state index contributed by atoms with van der Waals surface area (Å²) < 4.78 is 27.8. The highest BCUT2D eigenvalue weighted by atomic mass is 32.2. The lowest BCUT2D eigenvalue weighted by molar-refractivity contribution is 0.247. The van der Waals surface area contributed by atoms with Crippen LogP contribution in [-0.4, -0.2) is 56.4 Å². The van der Waals surface area contributed by atoms with Gasteiger partial charge in [0.15, 0.2) is 0 Å². The highest BCUT2D eigenvalue weighted by Crippen LogP contribution is 2.32. The molecule has 2 atom stereocenters. The number of hydrogen-bond acceptors (Lipinski definition) is 5. The molecule has 5 nitrogen and oxygen atoms in total. The molecule has 0 radical (unpaired) electrons. The molecule has 0 amide bonds. The zero-order valence-corrected chi connectivity index (χ0v) is 14.0. The minimum Gasteiger partial charge on any atom is -0.330 e. The highest BCUT2D eigenvalue weighted by Gasteiger charge is 2.38. The van der Waals surface area contributed by atoms with E-state index in [1.165, 1.54) is 17.8 Å². The summed E-state index contributed by atoms with van der Waals surface area (Å²) >= 11 is 1.36. The van der Waals surface area contributed by atoms with Gasteiger partial charge in [0.05, 0.1) is 0 Å². The second-order valence-corrected chi connectivity index (χ2v) is 9.29. The predicted octanol–water partition coefficient (Wildman–Crippen LogP) is 1.11. The summed E-state index contributed by atoms with van der Waals surface area (Å²) in [6.45, 7) is 1.82. The SMILES string of the molecule is CN1C2CCC1CN(S(=O)(=O)c1ccc(CCN)s1)CC2. The minimum absolute atomic E-state index is 0.371. The van der Waals surface area contributed by atoms with Gasteiger partial charge in [0, 0.05) is 30.1 Å². The smallest absolute Gasteiger partial charge is 0.252 e. The van der Waals surface area contributed by atoms with Crippen molar-refractivity contribution in [2.45, 2.75) is 42.0 Å². The van der Waals surface area contributed by atoms with Crippen molar-refractivity contribution in [1.82, 2.24) is 9.21 Å². The van der Waals surface area contributed by atoms with Crippen molar-refractivity contribution in [2.24, 2.45) is 5.73 Å². The average Bonchev–Trinajstić information content (AvgIpc) is 2.96. The van der Waals surface area contributed by atoms with Crippen molar-refractivity contribution in [3.05, 3.63) is 17.0 Å². The molecule has 2 unspecified atom stereocenters. The van der Waals surface area contributed by atoms with Crippen molar-refractivity contribution in [2.75, 3.05) is 26.7 Å². The van der Waals surface area contributed by atoms with Crippen molar-refractivity contribution < 1.29 is 8.42 Å². The van der Waals surface area contributed by atoms with Crippen molar-refractivity contribution in [1.29, 1.82) is 0 Å². The van der Waals surface area contributed by atoms with E-state index in [0.717, 1.165) is 24.1 Å². The summed E-state index contributed by atoms with van der Waals surface area (Å²) in [4.78, 5) is 3.41. The molecular weight excluding hydrogens is 306 g/mol. The third kappa shape index (κ3) is 2.90. The van der Waals surface area contributed by atoms with Crippen LogP contribution >= 0.6 is 11.3 Å². The maximum Gasteiger partial charge on any atom is 0.252 e. The monoisotopic (exact) mass is 329 g/mol. The fraction of sp³-hybridized carbons (Fsp3) is 0.714. The Labute approximate surface area is 130 Å². The van der Waals surface area contributed by atoms with Crippen molar-refractivity contribution in [3.8, 4) is 0 Å². The Morgan fingerprint density at radius 2 is 2.05 bits per heavy atom. The Morgan fingerprint density at radius 1 is 1.29 bits per heavy atom. The lowest BCUT2D eigenvalue weighted by Gasteiger charge is -2.24. The molecule has 2 fully saturated rings. The molecule has 0 saturated carbocycles. The fourth-order valence-corrected chi connectivity index (χ4v) is 6.41. The molecule has 0 aromatic carbocycles. The van der Waals surface area contributed by atoms with E-state index >= 15 is 0 Å². The molecule has 2 bridgehead atoms. The summed E-state index contributed by atoms with van der Waals surface area (Å²) in [5.74, 6) is 0. The van der Waals surface area contributed by atoms with E-state index < -0.39 is 10.0 Å². The van der Waals surface area contributed by atoms with E-state index in [0.29, 0.717) is 35.9 Å². The second kappa shape index (κ2) is 5.96. The summed E-state index contributed by atoms with van der Waals surface area (Å²) in [7, 11) is -1.22. The molecule has 1 aromatic rings. The Balaban J connectivity index is 1.81. The summed E-state index contributed by atoms with van der Waals surface area (Å²) in [6, 6.07) is 4.54. The number of thiophene rings is 1. The fourth-order valence-electron chi connectivity index (χ4n) is 3.40. The Bertz CT molecular complexity index is 599. The van der Waals surface area contributed by atoms with Crippen molar-refractivity contribution >= 4 is 21.4 Å². The normalized spacial score (nSPS) is 27.9. The van der Waals surface area contributed by atoms with Crippen molar-refractivity contribution in [3.63, 3.8) is 0 Å². The molecular formula is C14H23N3O2S2. The number of hydrogen-bond donors (Lipinski definition) is 1. The van der Waals surface area contributed by atoms with Gasteiger partial charge in [0.25, 0.3) is 10.0 Å². The molecule has 0 aliphatic carbocycles. The largest absolute Gasteiger partial charge is 0.330 e. The van der Waals surface area contributed by atoms with E-state index in [9.17, 15) is 8.42 Å². The molecule has 2 N–H and O–H groups in total.